The maximum atomic E-state index is 12.2. The van der Waals surface area contributed by atoms with Gasteiger partial charge in [-0.3, -0.25) is 19.8 Å². The Morgan fingerprint density at radius 3 is 2.54 bits per heavy atom. The number of rotatable bonds is 7. The molecule has 10 heteroatoms. The summed E-state index contributed by atoms with van der Waals surface area (Å²) in [6, 6.07) is 3.51. The van der Waals surface area contributed by atoms with Crippen LogP contribution in [0.15, 0.2) is 18.2 Å². The van der Waals surface area contributed by atoms with Gasteiger partial charge in [0.05, 0.1) is 30.8 Å². The molecule has 9 nitrogen and oxygen atoms in total. The van der Waals surface area contributed by atoms with Crippen molar-refractivity contribution in [2.24, 2.45) is 0 Å². The lowest BCUT2D eigenvalue weighted by Gasteiger charge is -2.26. The first-order valence-corrected chi connectivity index (χ1v) is 7.97. The van der Waals surface area contributed by atoms with Crippen LogP contribution in [0.1, 0.15) is 27.1 Å². The monoisotopic (exact) mass is 387 g/mol. The van der Waals surface area contributed by atoms with Crippen LogP contribution in [0.2, 0.25) is 0 Å². The van der Waals surface area contributed by atoms with Crippen molar-refractivity contribution in [2.75, 3.05) is 46.5 Å². The first-order valence-electron chi connectivity index (χ1n) is 7.97. The number of carbonyl (C=O) groups excluding carboxylic acids is 2. The van der Waals surface area contributed by atoms with Crippen molar-refractivity contribution in [3.05, 3.63) is 39.4 Å². The van der Waals surface area contributed by atoms with Crippen molar-refractivity contribution in [1.29, 1.82) is 0 Å². The molecule has 1 N–H and O–H groups in total. The van der Waals surface area contributed by atoms with E-state index in [2.05, 4.69) is 15.0 Å². The number of morpholine rings is 1. The van der Waals surface area contributed by atoms with Gasteiger partial charge in [-0.1, -0.05) is 0 Å². The number of nitro groups is 1. The number of benzene rings is 1. The number of carbonyl (C=O) groups is 2. The number of ether oxygens (including phenoxy) is 2. The topological polar surface area (TPSA) is 111 Å². The van der Waals surface area contributed by atoms with Crippen LogP contribution in [-0.4, -0.2) is 68.2 Å². The summed E-state index contributed by atoms with van der Waals surface area (Å²) in [5.41, 5.74) is -0.308. The predicted molar refractivity (Wildman–Crippen MR) is 95.9 cm³/mol. The van der Waals surface area contributed by atoms with Gasteiger partial charge in [0.1, 0.15) is 0 Å². The van der Waals surface area contributed by atoms with Crippen LogP contribution in [0, 0.1) is 10.1 Å². The molecule has 1 amide bonds. The minimum Gasteiger partial charge on any atom is -0.465 e. The van der Waals surface area contributed by atoms with Crippen molar-refractivity contribution in [1.82, 2.24) is 10.2 Å². The van der Waals surface area contributed by atoms with E-state index in [9.17, 15) is 19.7 Å². The number of nitrogens with one attached hydrogen (secondary N) is 1. The summed E-state index contributed by atoms with van der Waals surface area (Å²) >= 11 is 0. The van der Waals surface area contributed by atoms with Gasteiger partial charge in [-0.15, -0.1) is 12.4 Å². The van der Waals surface area contributed by atoms with Crippen molar-refractivity contribution in [3.63, 3.8) is 0 Å². The number of nitrogens with zero attached hydrogens (tertiary/aromatic N) is 2. The number of halogens is 1. The van der Waals surface area contributed by atoms with Gasteiger partial charge >= 0.3 is 5.97 Å². The van der Waals surface area contributed by atoms with E-state index < -0.39 is 16.8 Å². The summed E-state index contributed by atoms with van der Waals surface area (Å²) in [5.74, 6) is -1.19. The average Bonchev–Trinajstić information content (AvgIpc) is 2.64. The number of amides is 1. The van der Waals surface area contributed by atoms with Gasteiger partial charge < -0.3 is 14.8 Å². The normalized spacial score (nSPS) is 14.2. The Morgan fingerprint density at radius 1 is 1.27 bits per heavy atom. The van der Waals surface area contributed by atoms with Crippen molar-refractivity contribution in [3.8, 4) is 0 Å². The maximum Gasteiger partial charge on any atom is 0.338 e. The fraction of sp³-hybridized carbons (Fsp3) is 0.500. The Bertz CT molecular complexity index is 649. The number of esters is 1. The molecule has 0 aliphatic carbocycles. The third kappa shape index (κ3) is 6.25. The van der Waals surface area contributed by atoms with Gasteiger partial charge in [0, 0.05) is 37.3 Å². The van der Waals surface area contributed by atoms with Crippen LogP contribution in [-0.2, 0) is 9.47 Å². The average molecular weight is 388 g/mol. The number of non-ortho nitro benzene ring substituents is 1. The molecule has 26 heavy (non-hydrogen) atoms. The molecule has 1 heterocycles. The molecule has 1 aromatic carbocycles. The zero-order chi connectivity index (χ0) is 18.2. The van der Waals surface area contributed by atoms with Crippen LogP contribution >= 0.6 is 12.4 Å². The molecule has 1 aromatic rings. The molecule has 0 unspecified atom stereocenters. The zero-order valence-corrected chi connectivity index (χ0v) is 15.3. The smallest absolute Gasteiger partial charge is 0.338 e. The minimum atomic E-state index is -0.731. The molecule has 0 saturated carbocycles. The highest BCUT2D eigenvalue weighted by Gasteiger charge is 2.18. The predicted octanol–water partition coefficient (Wildman–Crippen LogP) is 1.26. The van der Waals surface area contributed by atoms with Crippen LogP contribution < -0.4 is 5.32 Å². The molecular weight excluding hydrogens is 366 g/mol. The molecule has 0 aromatic heterocycles. The van der Waals surface area contributed by atoms with Crippen molar-refractivity contribution < 1.29 is 24.0 Å². The minimum absolute atomic E-state index is 0. The lowest BCUT2D eigenvalue weighted by atomic mass is 10.1. The second-order valence-corrected chi connectivity index (χ2v) is 5.58. The van der Waals surface area contributed by atoms with E-state index >= 15 is 0 Å². The first kappa shape index (κ1) is 21.8. The highest BCUT2D eigenvalue weighted by Crippen LogP contribution is 2.18. The first-order chi connectivity index (χ1) is 12.0. The van der Waals surface area contributed by atoms with Gasteiger partial charge in [0.2, 0.25) is 0 Å². The molecule has 1 aliphatic heterocycles. The molecule has 0 radical (unpaired) electrons. The molecule has 2 rings (SSSR count). The van der Waals surface area contributed by atoms with Gasteiger partial charge in [-0.25, -0.2) is 4.79 Å². The van der Waals surface area contributed by atoms with E-state index in [1.807, 2.05) is 0 Å². The number of nitro benzene ring substituents is 1. The largest absolute Gasteiger partial charge is 0.465 e. The van der Waals surface area contributed by atoms with Crippen LogP contribution in [0.5, 0.6) is 0 Å². The van der Waals surface area contributed by atoms with Crippen molar-refractivity contribution >= 4 is 30.0 Å². The molecule has 144 valence electrons. The van der Waals surface area contributed by atoms with Gasteiger partial charge in [-0.05, 0) is 19.0 Å². The summed E-state index contributed by atoms with van der Waals surface area (Å²) in [6.07, 6.45) is 0.754. The standard InChI is InChI=1S/C16H21N3O6.ClH/c1-24-16(21)13-9-12(10-14(11-13)19(22)23)15(20)17-3-2-4-18-5-7-25-8-6-18;/h9-11H,2-8H2,1H3,(H,17,20);1H. The fourth-order valence-electron chi connectivity index (χ4n) is 2.51. The number of hydrogen-bond acceptors (Lipinski definition) is 7. The molecule has 1 fully saturated rings. The summed E-state index contributed by atoms with van der Waals surface area (Å²) in [5, 5.41) is 13.7. The van der Waals surface area contributed by atoms with E-state index in [0.29, 0.717) is 6.54 Å². The number of methoxy groups -OCH3 is 1. The summed E-state index contributed by atoms with van der Waals surface area (Å²) in [6.45, 7) is 4.47. The third-order valence-electron chi connectivity index (χ3n) is 3.85. The molecular formula is C16H22ClN3O6. The third-order valence-corrected chi connectivity index (χ3v) is 3.85. The Hall–Kier alpha value is -2.23. The van der Waals surface area contributed by atoms with Gasteiger partial charge in [0.15, 0.2) is 0 Å². The Labute approximate surface area is 157 Å². The quantitative estimate of drug-likeness (QED) is 0.324. The highest BCUT2D eigenvalue weighted by molar-refractivity contribution is 5.98. The highest BCUT2D eigenvalue weighted by atomic mass is 35.5. The molecule has 1 aliphatic rings. The van der Waals surface area contributed by atoms with Crippen LogP contribution in [0.3, 0.4) is 0 Å². The van der Waals surface area contributed by atoms with Crippen LogP contribution in [0.25, 0.3) is 0 Å². The lowest BCUT2D eigenvalue weighted by molar-refractivity contribution is -0.384. The fourth-order valence-corrected chi connectivity index (χ4v) is 2.51. The van der Waals surface area contributed by atoms with E-state index in [1.165, 1.54) is 13.2 Å². The van der Waals surface area contributed by atoms with Gasteiger partial charge in [-0.2, -0.15) is 0 Å². The summed E-state index contributed by atoms with van der Waals surface area (Å²) in [4.78, 5) is 36.4. The SMILES string of the molecule is COC(=O)c1cc(C(=O)NCCCN2CCOCC2)cc([N+](=O)[O-])c1.Cl. The van der Waals surface area contributed by atoms with E-state index in [1.54, 1.807) is 0 Å². The van der Waals surface area contributed by atoms with Crippen molar-refractivity contribution in [2.45, 2.75) is 6.42 Å². The van der Waals surface area contributed by atoms with Crippen LogP contribution in [0.4, 0.5) is 5.69 Å². The van der Waals surface area contributed by atoms with E-state index in [-0.39, 0.29) is 29.2 Å². The second kappa shape index (κ2) is 10.7. The molecule has 1 saturated heterocycles. The Balaban J connectivity index is 0.00000338. The number of hydrogen-bond donors (Lipinski definition) is 1. The molecule has 0 spiro atoms. The lowest BCUT2D eigenvalue weighted by Crippen LogP contribution is -2.38. The Kier molecular flexibility index (Phi) is 8.97. The van der Waals surface area contributed by atoms with E-state index in [0.717, 1.165) is 51.4 Å². The Morgan fingerprint density at radius 2 is 1.92 bits per heavy atom. The second-order valence-electron chi connectivity index (χ2n) is 5.58. The summed E-state index contributed by atoms with van der Waals surface area (Å²) < 4.78 is 9.83. The van der Waals surface area contributed by atoms with E-state index in [4.69, 9.17) is 4.74 Å². The zero-order valence-electron chi connectivity index (χ0n) is 14.4. The van der Waals surface area contributed by atoms with Gasteiger partial charge in [0.25, 0.3) is 11.6 Å². The summed E-state index contributed by atoms with van der Waals surface area (Å²) in [7, 11) is 1.17. The molecule has 0 bridgehead atoms. The molecule has 0 atom stereocenters. The maximum absolute atomic E-state index is 12.2.